The zero-order valence-electron chi connectivity index (χ0n) is 13.4. The summed E-state index contributed by atoms with van der Waals surface area (Å²) in [6, 6.07) is 16.2. The number of ether oxygens (including phenoxy) is 1. The third-order valence-corrected chi connectivity index (χ3v) is 5.86. The fourth-order valence-electron chi connectivity index (χ4n) is 3.54. The number of hydrogen-bond donors (Lipinski definition) is 1. The summed E-state index contributed by atoms with van der Waals surface area (Å²) in [5, 5.41) is 8.35. The molecule has 1 heterocycles. The van der Waals surface area contributed by atoms with E-state index in [1.807, 2.05) is 24.3 Å². The highest BCUT2D eigenvalue weighted by atomic mass is 32.2. The molecule has 2 aromatic carbocycles. The predicted octanol–water partition coefficient (Wildman–Crippen LogP) is 3.40. The molecule has 25 heavy (non-hydrogen) atoms. The topological polar surface area (TPSA) is 66.8 Å². The van der Waals surface area contributed by atoms with Crippen molar-refractivity contribution in [3.8, 4) is 11.1 Å². The number of carboxylic acid groups (broad SMARTS) is 1. The van der Waals surface area contributed by atoms with Gasteiger partial charge in [0.15, 0.2) is 5.37 Å². The fraction of sp³-hybridized carbons (Fsp3) is 0.263. The second-order valence-electron chi connectivity index (χ2n) is 6.06. The summed E-state index contributed by atoms with van der Waals surface area (Å²) in [4.78, 5) is 24.9. The van der Waals surface area contributed by atoms with Gasteiger partial charge in [-0.2, -0.15) is 0 Å². The molecule has 5 nitrogen and oxygen atoms in total. The van der Waals surface area contributed by atoms with Gasteiger partial charge >= 0.3 is 12.1 Å². The van der Waals surface area contributed by atoms with Gasteiger partial charge in [0, 0.05) is 18.2 Å². The number of nitrogens with zero attached hydrogens (tertiary/aromatic N) is 1. The molecule has 0 radical (unpaired) electrons. The molecule has 4 rings (SSSR count). The van der Waals surface area contributed by atoms with Crippen LogP contribution in [0.25, 0.3) is 11.1 Å². The first-order valence-corrected chi connectivity index (χ1v) is 9.17. The summed E-state index contributed by atoms with van der Waals surface area (Å²) in [5.41, 5.74) is 4.61. The molecule has 1 atom stereocenters. The van der Waals surface area contributed by atoms with Crippen molar-refractivity contribution < 1.29 is 19.4 Å². The van der Waals surface area contributed by atoms with E-state index < -0.39 is 17.4 Å². The zero-order chi connectivity index (χ0) is 17.4. The maximum atomic E-state index is 12.4. The first-order chi connectivity index (χ1) is 12.2. The van der Waals surface area contributed by atoms with Crippen LogP contribution in [-0.4, -0.2) is 46.3 Å². The number of carbonyl (C=O) groups excluding carboxylic acids is 1. The number of amides is 1. The lowest BCUT2D eigenvalue weighted by Gasteiger charge is -2.21. The van der Waals surface area contributed by atoms with Crippen molar-refractivity contribution in [3.63, 3.8) is 0 Å². The van der Waals surface area contributed by atoms with E-state index in [1.165, 1.54) is 27.8 Å². The van der Waals surface area contributed by atoms with E-state index in [2.05, 4.69) is 24.3 Å². The second kappa shape index (κ2) is 6.44. The Kier molecular flexibility index (Phi) is 4.13. The van der Waals surface area contributed by atoms with E-state index in [1.54, 1.807) is 0 Å². The van der Waals surface area contributed by atoms with Crippen LogP contribution in [0.1, 0.15) is 17.0 Å². The Bertz CT molecular complexity index is 792. The molecular formula is C19H17NO4S. The maximum Gasteiger partial charge on any atom is 0.411 e. The van der Waals surface area contributed by atoms with Gasteiger partial charge in [-0.3, -0.25) is 4.90 Å². The Morgan fingerprint density at radius 3 is 2.28 bits per heavy atom. The van der Waals surface area contributed by atoms with Gasteiger partial charge in [0.2, 0.25) is 0 Å². The smallest absolute Gasteiger partial charge is 0.411 e. The first kappa shape index (κ1) is 16.0. The van der Waals surface area contributed by atoms with Gasteiger partial charge in [-0.15, -0.1) is 11.8 Å². The molecular weight excluding hydrogens is 338 g/mol. The van der Waals surface area contributed by atoms with Crippen molar-refractivity contribution in [2.75, 3.05) is 18.9 Å². The van der Waals surface area contributed by atoms with Crippen LogP contribution in [0.15, 0.2) is 48.5 Å². The van der Waals surface area contributed by atoms with E-state index in [-0.39, 0.29) is 12.5 Å². The number of thioether (sulfide) groups is 1. The van der Waals surface area contributed by atoms with E-state index in [0.29, 0.717) is 12.3 Å². The highest BCUT2D eigenvalue weighted by molar-refractivity contribution is 8.00. The lowest BCUT2D eigenvalue weighted by Crippen LogP contribution is -2.40. The molecule has 0 aromatic heterocycles. The van der Waals surface area contributed by atoms with E-state index >= 15 is 0 Å². The summed E-state index contributed by atoms with van der Waals surface area (Å²) in [6.07, 6.45) is -0.556. The highest BCUT2D eigenvalue weighted by Gasteiger charge is 2.37. The average molecular weight is 355 g/mol. The molecule has 1 amide bonds. The first-order valence-electron chi connectivity index (χ1n) is 8.13. The lowest BCUT2D eigenvalue weighted by atomic mass is 9.98. The molecule has 2 aromatic rings. The Morgan fingerprint density at radius 2 is 1.68 bits per heavy atom. The summed E-state index contributed by atoms with van der Waals surface area (Å²) in [7, 11) is 0. The second-order valence-corrected chi connectivity index (χ2v) is 7.25. The fourth-order valence-corrected chi connectivity index (χ4v) is 4.58. The molecule has 0 unspecified atom stereocenters. The number of hydrogen-bond acceptors (Lipinski definition) is 4. The van der Waals surface area contributed by atoms with Gasteiger partial charge in [0.05, 0.1) is 0 Å². The van der Waals surface area contributed by atoms with Crippen LogP contribution in [0.3, 0.4) is 0 Å². The molecule has 1 N–H and O–H groups in total. The third-order valence-electron chi connectivity index (χ3n) is 4.67. The highest BCUT2D eigenvalue weighted by Crippen LogP contribution is 2.44. The SMILES string of the molecule is O=C(O)[C@@H]1SCCN1C(=O)OCC1c2ccccc2-c2ccccc21. The van der Waals surface area contributed by atoms with E-state index in [9.17, 15) is 14.7 Å². The van der Waals surface area contributed by atoms with Crippen LogP contribution in [-0.2, 0) is 9.53 Å². The molecule has 0 bridgehead atoms. The summed E-state index contributed by atoms with van der Waals surface area (Å²) >= 11 is 1.25. The number of fused-ring (bicyclic) bond motifs is 3. The van der Waals surface area contributed by atoms with Crippen molar-refractivity contribution in [1.29, 1.82) is 0 Å². The van der Waals surface area contributed by atoms with Gasteiger partial charge in [-0.25, -0.2) is 9.59 Å². The van der Waals surface area contributed by atoms with Gasteiger partial charge in [0.25, 0.3) is 0 Å². The number of benzene rings is 2. The number of carboxylic acids is 1. The van der Waals surface area contributed by atoms with Gasteiger partial charge in [-0.1, -0.05) is 48.5 Å². The summed E-state index contributed by atoms with van der Waals surface area (Å²) < 4.78 is 5.51. The van der Waals surface area contributed by atoms with Gasteiger partial charge < -0.3 is 9.84 Å². The van der Waals surface area contributed by atoms with Crippen LogP contribution in [0.5, 0.6) is 0 Å². The molecule has 1 saturated heterocycles. The molecule has 1 aliphatic carbocycles. The van der Waals surface area contributed by atoms with Crippen LogP contribution < -0.4 is 0 Å². The molecule has 1 fully saturated rings. The van der Waals surface area contributed by atoms with Crippen LogP contribution in [0.4, 0.5) is 4.79 Å². The minimum atomic E-state index is -1.00. The monoisotopic (exact) mass is 355 g/mol. The zero-order valence-corrected chi connectivity index (χ0v) is 14.2. The van der Waals surface area contributed by atoms with Crippen molar-refractivity contribution in [1.82, 2.24) is 4.90 Å². The van der Waals surface area contributed by atoms with Crippen LogP contribution in [0, 0.1) is 0 Å². The number of carbonyl (C=O) groups is 2. The Morgan fingerprint density at radius 1 is 1.08 bits per heavy atom. The van der Waals surface area contributed by atoms with E-state index in [4.69, 9.17) is 4.74 Å². The standard InChI is InChI=1S/C19H17NO4S/c21-18(22)17-20(9-10-25-17)19(23)24-11-16-14-7-3-1-5-12(14)13-6-2-4-8-15(13)16/h1-8,16-17H,9-11H2,(H,21,22)/t17-/m0/s1. The summed E-state index contributed by atoms with van der Waals surface area (Å²) in [6.45, 7) is 0.610. The van der Waals surface area contributed by atoms with Gasteiger partial charge in [0.1, 0.15) is 6.61 Å². The number of aliphatic carboxylic acids is 1. The van der Waals surface area contributed by atoms with Crippen LogP contribution >= 0.6 is 11.8 Å². The Hall–Kier alpha value is -2.47. The van der Waals surface area contributed by atoms with Crippen molar-refractivity contribution >= 4 is 23.8 Å². The van der Waals surface area contributed by atoms with Crippen molar-refractivity contribution in [3.05, 3.63) is 59.7 Å². The molecule has 0 saturated carbocycles. The minimum absolute atomic E-state index is 0.0186. The third kappa shape index (κ3) is 2.76. The maximum absolute atomic E-state index is 12.4. The van der Waals surface area contributed by atoms with Crippen LogP contribution in [0.2, 0.25) is 0 Å². The summed E-state index contributed by atoms with van der Waals surface area (Å²) in [5.74, 6) is -0.410. The normalized spacial score (nSPS) is 18.7. The molecule has 2 aliphatic rings. The molecule has 128 valence electrons. The lowest BCUT2D eigenvalue weighted by molar-refractivity contribution is -0.139. The Labute approximate surface area is 149 Å². The average Bonchev–Trinajstić information content (AvgIpc) is 3.23. The van der Waals surface area contributed by atoms with Crippen molar-refractivity contribution in [2.45, 2.75) is 11.3 Å². The number of rotatable bonds is 3. The largest absolute Gasteiger partial charge is 0.479 e. The van der Waals surface area contributed by atoms with Crippen molar-refractivity contribution in [2.24, 2.45) is 0 Å². The Balaban J connectivity index is 1.53. The quantitative estimate of drug-likeness (QED) is 0.914. The predicted molar refractivity (Wildman–Crippen MR) is 95.7 cm³/mol. The van der Waals surface area contributed by atoms with E-state index in [0.717, 1.165) is 11.1 Å². The molecule has 6 heteroatoms. The molecule has 0 spiro atoms. The molecule has 1 aliphatic heterocycles. The minimum Gasteiger partial charge on any atom is -0.479 e. The van der Waals surface area contributed by atoms with Gasteiger partial charge in [-0.05, 0) is 22.3 Å².